The Balaban J connectivity index is 2.85. The summed E-state index contributed by atoms with van der Waals surface area (Å²) in [6, 6.07) is 5.68. The van der Waals surface area contributed by atoms with Crippen molar-refractivity contribution < 1.29 is 9.47 Å². The molecule has 2 N–H and O–H groups in total. The molecule has 0 aliphatic heterocycles. The molecule has 1 rings (SSSR count). The van der Waals surface area contributed by atoms with E-state index in [-0.39, 0.29) is 12.8 Å². The van der Waals surface area contributed by atoms with Crippen molar-refractivity contribution in [2.24, 2.45) is 5.73 Å². The molecule has 0 saturated carbocycles. The third kappa shape index (κ3) is 3.67. The predicted molar refractivity (Wildman–Crippen MR) is 65.9 cm³/mol. The first-order valence-corrected chi connectivity index (χ1v) is 5.71. The standard InChI is InChI=1S/C12H18ClNO2/c1-3-9(14)7-10-11(13)5-4-6-12(10)16-8-15-2/h4-6,9H,3,7-8,14H2,1-2H3. The molecule has 0 fully saturated rings. The summed E-state index contributed by atoms with van der Waals surface area (Å²) in [6.45, 7) is 2.27. The van der Waals surface area contributed by atoms with Crippen LogP contribution in [0.2, 0.25) is 5.02 Å². The predicted octanol–water partition coefficient (Wildman–Crippen LogP) is 2.60. The molecular formula is C12H18ClNO2. The molecule has 4 heteroatoms. The third-order valence-electron chi connectivity index (χ3n) is 2.40. The fraction of sp³-hybridized carbons (Fsp3) is 0.500. The number of nitrogens with two attached hydrogens (primary N) is 1. The Morgan fingerprint density at radius 1 is 1.44 bits per heavy atom. The molecule has 3 nitrogen and oxygen atoms in total. The van der Waals surface area contributed by atoms with Gasteiger partial charge in [-0.3, -0.25) is 0 Å². The maximum absolute atomic E-state index is 6.13. The highest BCUT2D eigenvalue weighted by Crippen LogP contribution is 2.27. The van der Waals surface area contributed by atoms with E-state index in [1.54, 1.807) is 7.11 Å². The van der Waals surface area contributed by atoms with E-state index >= 15 is 0 Å². The van der Waals surface area contributed by atoms with Crippen LogP contribution in [0.1, 0.15) is 18.9 Å². The topological polar surface area (TPSA) is 44.5 Å². The second-order valence-electron chi connectivity index (χ2n) is 3.64. The second kappa shape index (κ2) is 6.74. The SMILES string of the molecule is CCC(N)Cc1c(Cl)cccc1OCOC. The Bertz CT molecular complexity index is 331. The number of rotatable bonds is 6. The highest BCUT2D eigenvalue weighted by molar-refractivity contribution is 6.31. The lowest BCUT2D eigenvalue weighted by Gasteiger charge is -2.15. The van der Waals surface area contributed by atoms with Gasteiger partial charge >= 0.3 is 0 Å². The first-order valence-electron chi connectivity index (χ1n) is 5.33. The molecule has 0 aliphatic rings. The van der Waals surface area contributed by atoms with E-state index in [1.807, 2.05) is 18.2 Å². The number of hydrogen-bond acceptors (Lipinski definition) is 3. The van der Waals surface area contributed by atoms with Gasteiger partial charge in [-0.25, -0.2) is 0 Å². The molecule has 1 aromatic carbocycles. The monoisotopic (exact) mass is 243 g/mol. The molecule has 0 aromatic heterocycles. The van der Waals surface area contributed by atoms with Gasteiger partial charge in [0.05, 0.1) is 0 Å². The lowest BCUT2D eigenvalue weighted by atomic mass is 10.0. The van der Waals surface area contributed by atoms with Crippen LogP contribution in [0.4, 0.5) is 0 Å². The summed E-state index contributed by atoms with van der Waals surface area (Å²) in [5, 5.41) is 0.692. The zero-order chi connectivity index (χ0) is 12.0. The van der Waals surface area contributed by atoms with Gasteiger partial charge < -0.3 is 15.2 Å². The Morgan fingerprint density at radius 2 is 2.19 bits per heavy atom. The van der Waals surface area contributed by atoms with Crippen molar-refractivity contribution in [2.45, 2.75) is 25.8 Å². The minimum Gasteiger partial charge on any atom is -0.467 e. The number of methoxy groups -OCH3 is 1. The van der Waals surface area contributed by atoms with Crippen molar-refractivity contribution >= 4 is 11.6 Å². The van der Waals surface area contributed by atoms with E-state index in [0.717, 1.165) is 24.2 Å². The van der Waals surface area contributed by atoms with Crippen LogP contribution in [0.5, 0.6) is 5.75 Å². The zero-order valence-corrected chi connectivity index (χ0v) is 10.5. The minimum absolute atomic E-state index is 0.102. The number of ether oxygens (including phenoxy) is 2. The van der Waals surface area contributed by atoms with Crippen LogP contribution < -0.4 is 10.5 Å². The van der Waals surface area contributed by atoms with Gasteiger partial charge in [-0.05, 0) is 25.0 Å². The summed E-state index contributed by atoms with van der Waals surface area (Å²) < 4.78 is 10.3. The average molecular weight is 244 g/mol. The van der Waals surface area contributed by atoms with Crippen LogP contribution in [0.25, 0.3) is 0 Å². The molecule has 1 atom stereocenters. The maximum atomic E-state index is 6.13. The Morgan fingerprint density at radius 3 is 2.81 bits per heavy atom. The highest BCUT2D eigenvalue weighted by Gasteiger charge is 2.11. The van der Waals surface area contributed by atoms with Crippen LogP contribution >= 0.6 is 11.6 Å². The van der Waals surface area contributed by atoms with E-state index in [4.69, 9.17) is 26.8 Å². The smallest absolute Gasteiger partial charge is 0.188 e. The summed E-state index contributed by atoms with van der Waals surface area (Å²) in [5.74, 6) is 0.748. The van der Waals surface area contributed by atoms with Gasteiger partial charge in [-0.2, -0.15) is 0 Å². The molecule has 0 saturated heterocycles. The molecule has 1 aromatic rings. The van der Waals surface area contributed by atoms with E-state index in [2.05, 4.69) is 6.92 Å². The van der Waals surface area contributed by atoms with Crippen LogP contribution in [-0.4, -0.2) is 19.9 Å². The normalized spacial score (nSPS) is 12.5. The van der Waals surface area contributed by atoms with Gasteiger partial charge in [0.25, 0.3) is 0 Å². The number of benzene rings is 1. The number of hydrogen-bond donors (Lipinski definition) is 1. The number of halogens is 1. The van der Waals surface area contributed by atoms with Crippen molar-refractivity contribution in [3.63, 3.8) is 0 Å². The molecule has 16 heavy (non-hydrogen) atoms. The summed E-state index contributed by atoms with van der Waals surface area (Å²) in [5.41, 5.74) is 6.88. The Labute approximate surface area is 101 Å². The molecule has 0 radical (unpaired) electrons. The summed E-state index contributed by atoms with van der Waals surface area (Å²) in [6.07, 6.45) is 1.63. The Hall–Kier alpha value is -0.770. The van der Waals surface area contributed by atoms with Gasteiger partial charge in [0.2, 0.25) is 0 Å². The third-order valence-corrected chi connectivity index (χ3v) is 2.75. The fourth-order valence-corrected chi connectivity index (χ4v) is 1.64. The first kappa shape index (κ1) is 13.3. The van der Waals surface area contributed by atoms with Gasteiger partial charge in [0.15, 0.2) is 6.79 Å². The molecule has 1 unspecified atom stereocenters. The lowest BCUT2D eigenvalue weighted by Crippen LogP contribution is -2.22. The van der Waals surface area contributed by atoms with Gasteiger partial charge in [-0.15, -0.1) is 0 Å². The van der Waals surface area contributed by atoms with E-state index in [0.29, 0.717) is 5.02 Å². The lowest BCUT2D eigenvalue weighted by molar-refractivity contribution is 0.0504. The molecule has 0 heterocycles. The summed E-state index contributed by atoms with van der Waals surface area (Å²) >= 11 is 6.13. The van der Waals surface area contributed by atoms with Gasteiger partial charge in [0.1, 0.15) is 5.75 Å². The van der Waals surface area contributed by atoms with Crippen molar-refractivity contribution in [1.82, 2.24) is 0 Å². The Kier molecular flexibility index (Phi) is 5.60. The molecule has 0 amide bonds. The van der Waals surface area contributed by atoms with Crippen molar-refractivity contribution in [3.8, 4) is 5.75 Å². The van der Waals surface area contributed by atoms with Crippen molar-refractivity contribution in [2.75, 3.05) is 13.9 Å². The second-order valence-corrected chi connectivity index (χ2v) is 4.05. The summed E-state index contributed by atoms with van der Waals surface area (Å²) in [7, 11) is 1.59. The molecule has 0 aliphatic carbocycles. The highest BCUT2D eigenvalue weighted by atomic mass is 35.5. The van der Waals surface area contributed by atoms with Crippen LogP contribution in [0.3, 0.4) is 0 Å². The van der Waals surface area contributed by atoms with E-state index in [1.165, 1.54) is 0 Å². The summed E-state index contributed by atoms with van der Waals surface area (Å²) in [4.78, 5) is 0. The van der Waals surface area contributed by atoms with Crippen LogP contribution in [-0.2, 0) is 11.2 Å². The molecular weight excluding hydrogens is 226 g/mol. The molecule has 0 spiro atoms. The van der Waals surface area contributed by atoms with Crippen LogP contribution in [0, 0.1) is 0 Å². The first-order chi connectivity index (χ1) is 7.69. The van der Waals surface area contributed by atoms with Crippen molar-refractivity contribution in [3.05, 3.63) is 28.8 Å². The largest absolute Gasteiger partial charge is 0.467 e. The van der Waals surface area contributed by atoms with Crippen molar-refractivity contribution in [1.29, 1.82) is 0 Å². The van der Waals surface area contributed by atoms with E-state index in [9.17, 15) is 0 Å². The maximum Gasteiger partial charge on any atom is 0.188 e. The van der Waals surface area contributed by atoms with Gasteiger partial charge in [-0.1, -0.05) is 24.6 Å². The van der Waals surface area contributed by atoms with Gasteiger partial charge in [0, 0.05) is 23.7 Å². The average Bonchev–Trinajstić information content (AvgIpc) is 2.29. The van der Waals surface area contributed by atoms with E-state index < -0.39 is 0 Å². The molecule has 0 bridgehead atoms. The minimum atomic E-state index is 0.102. The fourth-order valence-electron chi connectivity index (χ4n) is 1.40. The quantitative estimate of drug-likeness (QED) is 0.782. The molecule has 90 valence electrons. The van der Waals surface area contributed by atoms with Crippen LogP contribution in [0.15, 0.2) is 18.2 Å². The zero-order valence-electron chi connectivity index (χ0n) is 9.70.